The van der Waals surface area contributed by atoms with Crippen molar-refractivity contribution in [2.24, 2.45) is 0 Å². The van der Waals surface area contributed by atoms with Crippen molar-refractivity contribution in [1.29, 1.82) is 0 Å². The van der Waals surface area contributed by atoms with Crippen LogP contribution in [-0.2, 0) is 9.59 Å². The lowest BCUT2D eigenvalue weighted by Crippen LogP contribution is -2.29. The van der Waals surface area contributed by atoms with Crippen molar-refractivity contribution in [2.45, 2.75) is 13.0 Å². The molecule has 1 atom stereocenters. The smallest absolute Gasteiger partial charge is 0.300 e. The molecule has 0 bridgehead atoms. The summed E-state index contributed by atoms with van der Waals surface area (Å²) in [5.74, 6) is -0.837. The van der Waals surface area contributed by atoms with Crippen LogP contribution in [0, 0.1) is 6.92 Å². The largest absolute Gasteiger partial charge is 0.507 e. The maximum absolute atomic E-state index is 13.3. The van der Waals surface area contributed by atoms with Crippen LogP contribution in [0.5, 0.6) is 17.2 Å². The molecule has 4 rings (SSSR count). The van der Waals surface area contributed by atoms with Crippen LogP contribution in [0.4, 0.5) is 5.69 Å². The molecule has 7 nitrogen and oxygen atoms in total. The minimum atomic E-state index is -0.849. The molecule has 34 heavy (non-hydrogen) atoms. The molecule has 9 heteroatoms. The van der Waals surface area contributed by atoms with Crippen LogP contribution in [0.15, 0.2) is 53.4 Å². The second-order valence-electron chi connectivity index (χ2n) is 7.53. The average molecular weight is 500 g/mol. The summed E-state index contributed by atoms with van der Waals surface area (Å²) in [5.41, 5.74) is 1.47. The number of benzene rings is 2. The molecule has 1 unspecified atom stereocenters. The Morgan fingerprint density at radius 3 is 2.38 bits per heavy atom. The molecule has 176 valence electrons. The van der Waals surface area contributed by atoms with Crippen molar-refractivity contribution in [1.82, 2.24) is 0 Å². The molecule has 2 aromatic carbocycles. The van der Waals surface area contributed by atoms with Gasteiger partial charge in [0.05, 0.1) is 37.5 Å². The minimum Gasteiger partial charge on any atom is -0.507 e. The number of halogens is 1. The Bertz CT molecular complexity index is 1310. The number of hydrogen-bond acceptors (Lipinski definition) is 7. The standard InChI is InChI=1S/C25H22ClNO6S/c1-13-8-9-34-24(13)21-20(22(28)16-11-17(26)19(33-4)12-18(16)32-3)23(29)25(30)27(21)14-6-5-7-15(10-14)31-2/h5-12,21,28H,1-4H3/b22-20+. The molecule has 0 saturated carbocycles. The first kappa shape index (κ1) is 23.7. The van der Waals surface area contributed by atoms with E-state index < -0.39 is 17.7 Å². The van der Waals surface area contributed by atoms with Crippen LogP contribution >= 0.6 is 22.9 Å². The number of aliphatic hydroxyl groups is 1. The highest BCUT2D eigenvalue weighted by atomic mass is 35.5. The Morgan fingerprint density at radius 2 is 1.76 bits per heavy atom. The number of carbonyl (C=O) groups is 2. The third-order valence-corrected chi connectivity index (χ3v) is 7.02. The highest BCUT2D eigenvalue weighted by Gasteiger charge is 2.48. The van der Waals surface area contributed by atoms with Crippen molar-refractivity contribution in [2.75, 3.05) is 26.2 Å². The van der Waals surface area contributed by atoms with E-state index >= 15 is 0 Å². The number of Topliss-reactive ketones (excluding diaryl/α,β-unsaturated/α-hetero) is 1. The Morgan fingerprint density at radius 1 is 1.03 bits per heavy atom. The van der Waals surface area contributed by atoms with E-state index in [9.17, 15) is 14.7 Å². The molecule has 2 heterocycles. The number of methoxy groups -OCH3 is 3. The van der Waals surface area contributed by atoms with Gasteiger partial charge >= 0.3 is 0 Å². The average Bonchev–Trinajstić information content (AvgIpc) is 3.38. The van der Waals surface area contributed by atoms with Gasteiger partial charge in [-0.1, -0.05) is 17.7 Å². The predicted octanol–water partition coefficient (Wildman–Crippen LogP) is 5.36. The summed E-state index contributed by atoms with van der Waals surface area (Å²) in [6.07, 6.45) is 0. The molecule has 3 aromatic rings. The molecule has 1 amide bonds. The number of rotatable bonds is 6. The van der Waals surface area contributed by atoms with Gasteiger partial charge in [-0.05, 0) is 42.1 Å². The van der Waals surface area contributed by atoms with Crippen LogP contribution in [0.25, 0.3) is 5.76 Å². The second-order valence-corrected chi connectivity index (χ2v) is 8.88. The van der Waals surface area contributed by atoms with Crippen molar-refractivity contribution >= 4 is 46.1 Å². The number of ether oxygens (including phenoxy) is 3. The van der Waals surface area contributed by atoms with Gasteiger partial charge in [0.25, 0.3) is 11.7 Å². The number of anilines is 1. The zero-order valence-corrected chi connectivity index (χ0v) is 20.5. The minimum absolute atomic E-state index is 0.0575. The van der Waals surface area contributed by atoms with Crippen LogP contribution in [0.1, 0.15) is 22.0 Å². The second kappa shape index (κ2) is 9.40. The fourth-order valence-corrected chi connectivity index (χ4v) is 5.23. The van der Waals surface area contributed by atoms with Crippen molar-refractivity contribution in [3.05, 3.63) is 74.4 Å². The number of thiophene rings is 1. The molecule has 1 aliphatic rings. The zero-order valence-electron chi connectivity index (χ0n) is 18.9. The van der Waals surface area contributed by atoms with Crippen molar-refractivity contribution < 1.29 is 28.9 Å². The third kappa shape index (κ3) is 3.89. The third-order valence-electron chi connectivity index (χ3n) is 5.66. The van der Waals surface area contributed by atoms with Gasteiger partial charge in [0.1, 0.15) is 29.0 Å². The zero-order chi connectivity index (χ0) is 24.6. The van der Waals surface area contributed by atoms with Gasteiger partial charge in [-0.3, -0.25) is 14.5 Å². The van der Waals surface area contributed by atoms with E-state index in [0.29, 0.717) is 17.2 Å². The van der Waals surface area contributed by atoms with Gasteiger partial charge in [-0.15, -0.1) is 11.3 Å². The summed E-state index contributed by atoms with van der Waals surface area (Å²) in [5, 5.41) is 13.5. The topological polar surface area (TPSA) is 85.3 Å². The van der Waals surface area contributed by atoms with Gasteiger partial charge in [-0.2, -0.15) is 0 Å². The summed E-state index contributed by atoms with van der Waals surface area (Å²) in [4.78, 5) is 28.8. The molecule has 0 aliphatic carbocycles. The number of carbonyl (C=O) groups excluding carboxylic acids is 2. The van der Waals surface area contributed by atoms with Crippen LogP contribution < -0.4 is 19.1 Å². The van der Waals surface area contributed by atoms with Gasteiger partial charge in [-0.25, -0.2) is 0 Å². The Hall–Kier alpha value is -3.49. The molecule has 0 spiro atoms. The predicted molar refractivity (Wildman–Crippen MR) is 131 cm³/mol. The SMILES string of the molecule is COc1cccc(N2C(=O)C(=O)/C(=C(/O)c3cc(Cl)c(OC)cc3OC)C2c2sccc2C)c1. The fourth-order valence-electron chi connectivity index (χ4n) is 3.96. The van der Waals surface area contributed by atoms with E-state index in [-0.39, 0.29) is 27.7 Å². The first-order chi connectivity index (χ1) is 16.3. The summed E-state index contributed by atoms with van der Waals surface area (Å²) in [6, 6.07) is 10.9. The number of ketones is 1. The van der Waals surface area contributed by atoms with E-state index in [1.165, 1.54) is 49.7 Å². The molecule has 1 saturated heterocycles. The van der Waals surface area contributed by atoms with Crippen LogP contribution in [0.3, 0.4) is 0 Å². The summed E-state index contributed by atoms with van der Waals surface area (Å²) < 4.78 is 16.0. The molecule has 1 N–H and O–H groups in total. The molecule has 0 radical (unpaired) electrons. The lowest BCUT2D eigenvalue weighted by Gasteiger charge is -2.25. The molecule has 1 aliphatic heterocycles. The Kier molecular flexibility index (Phi) is 6.54. The van der Waals surface area contributed by atoms with E-state index in [4.69, 9.17) is 25.8 Å². The van der Waals surface area contributed by atoms with Crippen molar-refractivity contribution in [3.8, 4) is 17.2 Å². The van der Waals surface area contributed by atoms with Gasteiger partial charge in [0.2, 0.25) is 0 Å². The number of aliphatic hydroxyl groups excluding tert-OH is 1. The molecule has 1 aromatic heterocycles. The maximum Gasteiger partial charge on any atom is 0.300 e. The Balaban J connectivity index is 1.99. The quantitative estimate of drug-likeness (QED) is 0.279. The van der Waals surface area contributed by atoms with E-state index in [1.54, 1.807) is 24.3 Å². The van der Waals surface area contributed by atoms with Crippen molar-refractivity contribution in [3.63, 3.8) is 0 Å². The van der Waals surface area contributed by atoms with Crippen LogP contribution in [0.2, 0.25) is 5.02 Å². The first-order valence-electron chi connectivity index (χ1n) is 10.2. The van der Waals surface area contributed by atoms with Gasteiger partial charge in [0.15, 0.2) is 0 Å². The highest BCUT2D eigenvalue weighted by molar-refractivity contribution is 7.10. The van der Waals surface area contributed by atoms with E-state index in [1.807, 2.05) is 18.4 Å². The van der Waals surface area contributed by atoms with Crippen LogP contribution in [-0.4, -0.2) is 38.1 Å². The molecular formula is C25H22ClNO6S. The summed E-state index contributed by atoms with van der Waals surface area (Å²) >= 11 is 7.70. The molecular weight excluding hydrogens is 478 g/mol. The summed E-state index contributed by atoms with van der Waals surface area (Å²) in [6.45, 7) is 1.89. The van der Waals surface area contributed by atoms with E-state index in [2.05, 4.69) is 0 Å². The normalized spacial score (nSPS) is 17.2. The monoisotopic (exact) mass is 499 g/mol. The first-order valence-corrected chi connectivity index (χ1v) is 11.5. The number of nitrogens with zero attached hydrogens (tertiary/aromatic N) is 1. The fraction of sp³-hybridized carbons (Fsp3) is 0.200. The lowest BCUT2D eigenvalue weighted by atomic mass is 9.97. The summed E-state index contributed by atoms with van der Waals surface area (Å²) in [7, 11) is 4.41. The number of amides is 1. The molecule has 1 fully saturated rings. The maximum atomic E-state index is 13.3. The number of aryl methyl sites for hydroxylation is 1. The Labute approximate surface area is 205 Å². The van der Waals surface area contributed by atoms with Gasteiger partial charge in [0, 0.05) is 22.7 Å². The van der Waals surface area contributed by atoms with E-state index in [0.717, 1.165) is 10.4 Å². The number of hydrogen-bond donors (Lipinski definition) is 1. The van der Waals surface area contributed by atoms with Gasteiger partial charge < -0.3 is 19.3 Å². The lowest BCUT2D eigenvalue weighted by molar-refractivity contribution is -0.132. The highest BCUT2D eigenvalue weighted by Crippen LogP contribution is 2.47.